The van der Waals surface area contributed by atoms with Gasteiger partial charge in [-0.2, -0.15) is 0 Å². The van der Waals surface area contributed by atoms with Gasteiger partial charge in [-0.1, -0.05) is 242 Å². The van der Waals surface area contributed by atoms with Crippen molar-refractivity contribution in [3.63, 3.8) is 0 Å². The molecule has 3 aliphatic heterocycles. The largest absolute Gasteiger partial charge is 0.394 e. The van der Waals surface area contributed by atoms with E-state index in [0.717, 1.165) is 57.8 Å². The van der Waals surface area contributed by atoms with Crippen LogP contribution in [0.5, 0.6) is 0 Å². The number of nitrogens with one attached hydrogen (secondary N) is 1. The number of ether oxygens (including phenoxy) is 6. The lowest BCUT2D eigenvalue weighted by atomic mass is 9.96. The molecule has 19 heteroatoms. The monoisotopic (exact) mass is 1270 g/mol. The van der Waals surface area contributed by atoms with Crippen molar-refractivity contribution in [1.29, 1.82) is 0 Å². The van der Waals surface area contributed by atoms with Crippen molar-refractivity contribution < 1.29 is 89.4 Å². The van der Waals surface area contributed by atoms with Crippen LogP contribution in [-0.4, -0.2) is 193 Å². The third-order valence-corrected chi connectivity index (χ3v) is 17.6. The van der Waals surface area contributed by atoms with Crippen LogP contribution in [-0.2, 0) is 33.2 Å². The fraction of sp³-hybridized carbons (Fsp3) is 0.871. The van der Waals surface area contributed by atoms with Crippen LogP contribution in [0, 0.1) is 0 Å². The number of carbonyl (C=O) groups excluding carboxylic acids is 1. The van der Waals surface area contributed by atoms with Gasteiger partial charge in [0.2, 0.25) is 5.91 Å². The number of aliphatic hydroxyl groups excluding tert-OH is 11. The molecule has 3 fully saturated rings. The molecule has 0 aliphatic carbocycles. The maximum atomic E-state index is 13.4. The first-order valence-corrected chi connectivity index (χ1v) is 35.4. The minimum Gasteiger partial charge on any atom is -0.394 e. The van der Waals surface area contributed by atoms with Crippen LogP contribution in [0.3, 0.4) is 0 Å². The van der Waals surface area contributed by atoms with Crippen molar-refractivity contribution in [1.82, 2.24) is 5.32 Å². The second kappa shape index (κ2) is 52.1. The molecule has 1 amide bonds. The zero-order chi connectivity index (χ0) is 64.7. The van der Waals surface area contributed by atoms with Gasteiger partial charge in [-0.15, -0.1) is 0 Å². The quantitative estimate of drug-likeness (QED) is 0.0199. The van der Waals surface area contributed by atoms with Gasteiger partial charge < -0.3 is 89.9 Å². The molecule has 17 atom stereocenters. The first-order valence-electron chi connectivity index (χ1n) is 35.4. The number of amides is 1. The first kappa shape index (κ1) is 81.0. The molecule has 0 saturated carbocycles. The third kappa shape index (κ3) is 34.1. The minimum absolute atomic E-state index is 0.243. The molecule has 19 nitrogen and oxygen atoms in total. The van der Waals surface area contributed by atoms with Crippen molar-refractivity contribution in [3.8, 4) is 0 Å². The maximum Gasteiger partial charge on any atom is 0.220 e. The Balaban J connectivity index is 1.37. The van der Waals surface area contributed by atoms with E-state index in [1.165, 1.54) is 173 Å². The highest BCUT2D eigenvalue weighted by Gasteiger charge is 2.53. The molecular formula is C70H127NO18. The van der Waals surface area contributed by atoms with Crippen molar-refractivity contribution in [2.75, 3.05) is 26.4 Å². The molecule has 3 heterocycles. The van der Waals surface area contributed by atoms with Crippen LogP contribution in [0.4, 0.5) is 0 Å². The second-order valence-corrected chi connectivity index (χ2v) is 25.3. The SMILES string of the molecule is CCCCCCC/C=C\C/C=C\C/C=C\CCCCCCCCCCCCCCCCCCC(=O)NC(COC1OC(CO)C(OC2OC(CO)C(OC3OC(CO)C(O)C(O)C3O)C(O)C2O)C(O)C1O)C(O)/C=C/CCCCCCCCCCCCC. The first-order chi connectivity index (χ1) is 43.3. The molecular weight excluding hydrogens is 1140 g/mol. The average molecular weight is 1270 g/mol. The van der Waals surface area contributed by atoms with Crippen LogP contribution in [0.25, 0.3) is 0 Å². The Labute approximate surface area is 535 Å². The van der Waals surface area contributed by atoms with E-state index < -0.39 is 124 Å². The highest BCUT2D eigenvalue weighted by molar-refractivity contribution is 5.76. The molecule has 3 aliphatic rings. The smallest absolute Gasteiger partial charge is 0.220 e. The van der Waals surface area contributed by atoms with E-state index in [0.29, 0.717) is 6.42 Å². The summed E-state index contributed by atoms with van der Waals surface area (Å²) in [6.45, 7) is 1.72. The van der Waals surface area contributed by atoms with E-state index >= 15 is 0 Å². The summed E-state index contributed by atoms with van der Waals surface area (Å²) in [5, 5.41) is 120. The van der Waals surface area contributed by atoms with Gasteiger partial charge in [0.15, 0.2) is 18.9 Å². The third-order valence-electron chi connectivity index (χ3n) is 17.6. The lowest BCUT2D eigenvalue weighted by Gasteiger charge is -2.48. The fourth-order valence-electron chi connectivity index (χ4n) is 11.8. The summed E-state index contributed by atoms with van der Waals surface area (Å²) < 4.78 is 34.3. The Morgan fingerprint density at radius 3 is 1.16 bits per heavy atom. The molecule has 0 aromatic carbocycles. The van der Waals surface area contributed by atoms with Gasteiger partial charge in [-0.3, -0.25) is 4.79 Å². The number of allylic oxidation sites excluding steroid dienone is 7. The average Bonchev–Trinajstić information content (AvgIpc) is 1.92. The number of hydrogen-bond donors (Lipinski definition) is 12. The molecule has 17 unspecified atom stereocenters. The van der Waals surface area contributed by atoms with E-state index in [4.69, 9.17) is 28.4 Å². The van der Waals surface area contributed by atoms with Crippen LogP contribution in [0.1, 0.15) is 258 Å². The van der Waals surface area contributed by atoms with Gasteiger partial charge in [0, 0.05) is 6.42 Å². The highest BCUT2D eigenvalue weighted by atomic mass is 16.8. The second-order valence-electron chi connectivity index (χ2n) is 25.3. The Morgan fingerprint density at radius 1 is 0.404 bits per heavy atom. The summed E-state index contributed by atoms with van der Waals surface area (Å²) in [7, 11) is 0. The van der Waals surface area contributed by atoms with Gasteiger partial charge in [0.05, 0.1) is 38.6 Å². The van der Waals surface area contributed by atoms with Gasteiger partial charge in [0.25, 0.3) is 0 Å². The molecule has 3 saturated heterocycles. The van der Waals surface area contributed by atoms with Crippen molar-refractivity contribution in [2.45, 2.75) is 362 Å². The van der Waals surface area contributed by atoms with Crippen LogP contribution < -0.4 is 5.32 Å². The molecule has 3 rings (SSSR count). The van der Waals surface area contributed by atoms with E-state index in [2.05, 4.69) is 55.6 Å². The van der Waals surface area contributed by atoms with Crippen LogP contribution in [0.2, 0.25) is 0 Å². The summed E-state index contributed by atoms with van der Waals surface area (Å²) in [6, 6.07) is -0.973. The Hall–Kier alpha value is -2.25. The number of aliphatic hydroxyl groups is 11. The standard InChI is InChI=1S/C70H127NO18/c1-3-5-7-9-11-13-15-17-18-19-20-21-22-23-24-25-26-27-28-29-30-31-32-33-34-36-38-40-42-44-46-48-58(76)71-53(54(75)47-45-43-41-39-37-35-16-14-12-10-8-6-4-2)52-84-68-64(82)61(79)66(56(50-73)86-68)89-70-65(83)62(80)67(57(51-74)87-70)88-69-63(81)60(78)59(77)55(49-72)85-69/h15,17,19-20,22-23,45,47,53-57,59-70,72-75,77-83H,3-14,16,18,21,24-44,46,48-52H2,1-2H3,(H,71,76)/b17-15-,20-19-,23-22-,47-45+. The molecule has 12 N–H and O–H groups in total. The normalized spacial score (nSPS) is 28.5. The number of carbonyl (C=O) groups is 1. The van der Waals surface area contributed by atoms with Gasteiger partial charge >= 0.3 is 0 Å². The predicted molar refractivity (Wildman–Crippen MR) is 346 cm³/mol. The lowest BCUT2D eigenvalue weighted by Crippen LogP contribution is -2.66. The maximum absolute atomic E-state index is 13.4. The summed E-state index contributed by atoms with van der Waals surface area (Å²) in [4.78, 5) is 13.4. The predicted octanol–water partition coefficient (Wildman–Crippen LogP) is 9.39. The number of hydrogen-bond acceptors (Lipinski definition) is 18. The number of rotatable bonds is 54. The van der Waals surface area contributed by atoms with Crippen molar-refractivity contribution in [3.05, 3.63) is 48.6 Å². The van der Waals surface area contributed by atoms with E-state index in [9.17, 15) is 61.0 Å². The molecule has 89 heavy (non-hydrogen) atoms. The number of unbranched alkanes of at least 4 members (excludes halogenated alkanes) is 32. The summed E-state index contributed by atoms with van der Waals surface area (Å²) in [5.74, 6) is -0.275. The van der Waals surface area contributed by atoms with Crippen LogP contribution >= 0.6 is 0 Å². The molecule has 0 radical (unpaired) electrons. The highest BCUT2D eigenvalue weighted by Crippen LogP contribution is 2.33. The molecule has 0 aromatic rings. The molecule has 0 spiro atoms. The topological polar surface area (TPSA) is 307 Å². The lowest BCUT2D eigenvalue weighted by molar-refractivity contribution is -0.379. The Kier molecular flexibility index (Phi) is 47.4. The Morgan fingerprint density at radius 2 is 0.742 bits per heavy atom. The van der Waals surface area contributed by atoms with Gasteiger partial charge in [-0.05, 0) is 57.8 Å². The van der Waals surface area contributed by atoms with E-state index in [1.807, 2.05) is 6.08 Å². The zero-order valence-electron chi connectivity index (χ0n) is 54.9. The van der Waals surface area contributed by atoms with Gasteiger partial charge in [-0.25, -0.2) is 0 Å². The Bertz CT molecular complexity index is 1800. The molecule has 520 valence electrons. The van der Waals surface area contributed by atoms with Crippen molar-refractivity contribution >= 4 is 5.91 Å². The molecule has 0 bridgehead atoms. The van der Waals surface area contributed by atoms with Crippen molar-refractivity contribution in [2.24, 2.45) is 0 Å². The minimum atomic E-state index is -1.98. The van der Waals surface area contributed by atoms with Gasteiger partial charge in [0.1, 0.15) is 73.2 Å². The van der Waals surface area contributed by atoms with E-state index in [1.54, 1.807) is 6.08 Å². The summed E-state index contributed by atoms with van der Waals surface area (Å²) in [6.07, 6.45) is 35.3. The summed E-state index contributed by atoms with van der Waals surface area (Å²) >= 11 is 0. The van der Waals surface area contributed by atoms with E-state index in [-0.39, 0.29) is 18.9 Å². The van der Waals surface area contributed by atoms with Crippen LogP contribution in [0.15, 0.2) is 48.6 Å². The zero-order valence-corrected chi connectivity index (χ0v) is 54.9. The summed E-state index contributed by atoms with van der Waals surface area (Å²) in [5.41, 5.74) is 0. The fourth-order valence-corrected chi connectivity index (χ4v) is 11.8. The molecule has 0 aromatic heterocycles.